The monoisotopic (exact) mass is 450 g/mol. The Balaban J connectivity index is 1.41. The molecule has 0 spiro atoms. The average Bonchev–Trinajstić information content (AvgIpc) is 2.78. The Labute approximate surface area is 181 Å². The van der Waals surface area contributed by atoms with Crippen LogP contribution < -0.4 is 14.8 Å². The number of sulfonamides is 1. The van der Waals surface area contributed by atoms with Crippen molar-refractivity contribution < 1.29 is 22.7 Å². The molecule has 1 atom stereocenters. The molecule has 2 aliphatic rings. The van der Waals surface area contributed by atoms with Crippen molar-refractivity contribution >= 4 is 27.5 Å². The lowest BCUT2D eigenvalue weighted by Gasteiger charge is -2.31. The highest BCUT2D eigenvalue weighted by molar-refractivity contribution is 7.89. The topological polar surface area (TPSA) is 84.9 Å². The highest BCUT2D eigenvalue weighted by Crippen LogP contribution is 2.33. The van der Waals surface area contributed by atoms with Gasteiger partial charge in [0.05, 0.1) is 10.8 Å². The molecule has 160 valence electrons. The minimum atomic E-state index is -3.67. The second-order valence-corrected chi connectivity index (χ2v) is 9.69. The maximum Gasteiger partial charge on any atom is 0.243 e. The summed E-state index contributed by atoms with van der Waals surface area (Å²) in [6.45, 7) is 1.82. The van der Waals surface area contributed by atoms with Gasteiger partial charge in [-0.05, 0) is 43.2 Å². The van der Waals surface area contributed by atoms with Crippen molar-refractivity contribution in [2.45, 2.75) is 24.3 Å². The Hall–Kier alpha value is -2.29. The summed E-state index contributed by atoms with van der Waals surface area (Å²) in [5.74, 6) is 0.753. The van der Waals surface area contributed by atoms with Crippen molar-refractivity contribution in [2.24, 2.45) is 5.92 Å². The summed E-state index contributed by atoms with van der Waals surface area (Å²) in [5, 5.41) is 3.40. The van der Waals surface area contributed by atoms with Gasteiger partial charge in [-0.3, -0.25) is 4.79 Å². The molecule has 4 rings (SSSR count). The van der Waals surface area contributed by atoms with Crippen molar-refractivity contribution in [3.05, 3.63) is 53.1 Å². The first kappa shape index (κ1) is 21.0. The van der Waals surface area contributed by atoms with Crippen molar-refractivity contribution in [1.82, 2.24) is 9.62 Å². The molecule has 2 heterocycles. The van der Waals surface area contributed by atoms with Gasteiger partial charge in [0, 0.05) is 30.2 Å². The molecule has 1 amide bonds. The van der Waals surface area contributed by atoms with Crippen LogP contribution in [-0.4, -0.2) is 44.9 Å². The SMILES string of the molecule is O=C(NCc1cccc2c1OCCO2)C1CCCN(S(=O)(=O)c2ccc(Cl)cc2)C1. The molecule has 30 heavy (non-hydrogen) atoms. The molecule has 1 fully saturated rings. The number of benzene rings is 2. The fourth-order valence-corrected chi connectivity index (χ4v) is 5.38. The van der Waals surface area contributed by atoms with E-state index in [2.05, 4.69) is 5.32 Å². The van der Waals surface area contributed by atoms with Crippen molar-refractivity contribution in [2.75, 3.05) is 26.3 Å². The van der Waals surface area contributed by atoms with E-state index < -0.39 is 15.9 Å². The second kappa shape index (κ2) is 8.83. The molecule has 1 N–H and O–H groups in total. The van der Waals surface area contributed by atoms with Gasteiger partial charge >= 0.3 is 0 Å². The van der Waals surface area contributed by atoms with Crippen LogP contribution in [-0.2, 0) is 21.4 Å². The number of fused-ring (bicyclic) bond motifs is 1. The standard InChI is InChI=1S/C21H23ClN2O5S/c22-17-6-8-18(9-7-17)30(26,27)24-10-2-4-16(14-24)21(25)23-13-15-3-1-5-19-20(15)29-12-11-28-19/h1,3,5-9,16H,2,4,10-14H2,(H,23,25). The van der Waals surface area contributed by atoms with Crippen LogP contribution in [0.15, 0.2) is 47.4 Å². The second-order valence-electron chi connectivity index (χ2n) is 7.32. The first-order valence-electron chi connectivity index (χ1n) is 9.86. The molecule has 2 aliphatic heterocycles. The molecule has 0 saturated carbocycles. The van der Waals surface area contributed by atoms with Crippen LogP contribution in [0.5, 0.6) is 11.5 Å². The number of nitrogens with zero attached hydrogens (tertiary/aromatic N) is 1. The number of amides is 1. The smallest absolute Gasteiger partial charge is 0.243 e. The Morgan fingerprint density at radius 2 is 1.90 bits per heavy atom. The van der Waals surface area contributed by atoms with E-state index in [0.29, 0.717) is 55.7 Å². The Morgan fingerprint density at radius 3 is 2.70 bits per heavy atom. The third-order valence-corrected chi connectivity index (χ3v) is 7.44. The number of rotatable bonds is 5. The number of halogens is 1. The molecule has 1 saturated heterocycles. The van der Waals surface area contributed by atoms with Crippen molar-refractivity contribution in [1.29, 1.82) is 0 Å². The van der Waals surface area contributed by atoms with E-state index in [9.17, 15) is 13.2 Å². The van der Waals surface area contributed by atoms with Gasteiger partial charge in [-0.2, -0.15) is 4.31 Å². The maximum absolute atomic E-state index is 12.9. The first-order chi connectivity index (χ1) is 14.4. The Bertz CT molecular complexity index is 1030. The number of para-hydroxylation sites is 1. The van der Waals surface area contributed by atoms with Gasteiger partial charge in [0.2, 0.25) is 15.9 Å². The lowest BCUT2D eigenvalue weighted by atomic mass is 9.98. The Kier molecular flexibility index (Phi) is 6.17. The van der Waals surface area contributed by atoms with Crippen LogP contribution in [0.1, 0.15) is 18.4 Å². The highest BCUT2D eigenvalue weighted by Gasteiger charge is 2.33. The molecule has 0 bridgehead atoms. The van der Waals surface area contributed by atoms with E-state index in [0.717, 1.165) is 5.56 Å². The minimum Gasteiger partial charge on any atom is -0.486 e. The first-order valence-corrected chi connectivity index (χ1v) is 11.7. The summed E-state index contributed by atoms with van der Waals surface area (Å²) < 4.78 is 38.5. The molecule has 0 aliphatic carbocycles. The molecular weight excluding hydrogens is 428 g/mol. The van der Waals surface area contributed by atoms with Crippen molar-refractivity contribution in [3.8, 4) is 11.5 Å². The molecule has 7 nitrogen and oxygen atoms in total. The summed E-state index contributed by atoms with van der Waals surface area (Å²) in [6.07, 6.45) is 1.27. The average molecular weight is 451 g/mol. The molecular formula is C21H23ClN2O5S. The van der Waals surface area contributed by atoms with Crippen LogP contribution in [0, 0.1) is 5.92 Å². The van der Waals surface area contributed by atoms with Crippen LogP contribution in [0.4, 0.5) is 0 Å². The third-order valence-electron chi connectivity index (χ3n) is 5.31. The van der Waals surface area contributed by atoms with Gasteiger partial charge in [-0.25, -0.2) is 8.42 Å². The summed E-state index contributed by atoms with van der Waals surface area (Å²) in [6, 6.07) is 11.6. The molecule has 9 heteroatoms. The molecule has 2 aromatic carbocycles. The fraction of sp³-hybridized carbons (Fsp3) is 0.381. The summed E-state index contributed by atoms with van der Waals surface area (Å²) >= 11 is 5.86. The van der Waals surface area contributed by atoms with Crippen molar-refractivity contribution in [3.63, 3.8) is 0 Å². The lowest BCUT2D eigenvalue weighted by Crippen LogP contribution is -2.45. The number of piperidine rings is 1. The third kappa shape index (κ3) is 4.40. The zero-order valence-corrected chi connectivity index (χ0v) is 17.9. The normalized spacial score (nSPS) is 19.3. The number of carbonyl (C=O) groups excluding carboxylic acids is 1. The molecule has 0 aromatic heterocycles. The van der Waals surface area contributed by atoms with E-state index in [-0.39, 0.29) is 17.3 Å². The van der Waals surface area contributed by atoms with Gasteiger partial charge in [0.25, 0.3) is 0 Å². The van der Waals surface area contributed by atoms with Crippen LogP contribution >= 0.6 is 11.6 Å². The molecule has 2 aromatic rings. The number of hydrogen-bond acceptors (Lipinski definition) is 5. The van der Waals surface area contributed by atoms with Gasteiger partial charge in [-0.1, -0.05) is 23.7 Å². The Morgan fingerprint density at radius 1 is 1.13 bits per heavy atom. The number of carbonyl (C=O) groups is 1. The van der Waals surface area contributed by atoms with Crippen LogP contribution in [0.3, 0.4) is 0 Å². The van der Waals surface area contributed by atoms with Gasteiger partial charge in [-0.15, -0.1) is 0 Å². The van der Waals surface area contributed by atoms with E-state index >= 15 is 0 Å². The quantitative estimate of drug-likeness (QED) is 0.757. The predicted octanol–water partition coefficient (Wildman–Crippen LogP) is 2.83. The van der Waals surface area contributed by atoms with E-state index in [1.165, 1.54) is 16.4 Å². The highest BCUT2D eigenvalue weighted by atomic mass is 35.5. The predicted molar refractivity (Wildman–Crippen MR) is 112 cm³/mol. The van der Waals surface area contributed by atoms with Gasteiger partial charge in [0.1, 0.15) is 13.2 Å². The largest absolute Gasteiger partial charge is 0.486 e. The van der Waals surface area contributed by atoms with Gasteiger partial charge < -0.3 is 14.8 Å². The number of nitrogens with one attached hydrogen (secondary N) is 1. The molecule has 1 unspecified atom stereocenters. The summed E-state index contributed by atoms with van der Waals surface area (Å²) in [7, 11) is -3.67. The van der Waals surface area contributed by atoms with Crippen LogP contribution in [0.25, 0.3) is 0 Å². The molecule has 0 radical (unpaired) electrons. The summed E-state index contributed by atoms with van der Waals surface area (Å²) in [4.78, 5) is 13.0. The van der Waals surface area contributed by atoms with E-state index in [4.69, 9.17) is 21.1 Å². The zero-order chi connectivity index (χ0) is 21.1. The van der Waals surface area contributed by atoms with Crippen LogP contribution in [0.2, 0.25) is 5.02 Å². The van der Waals surface area contributed by atoms with Gasteiger partial charge in [0.15, 0.2) is 11.5 Å². The number of ether oxygens (including phenoxy) is 2. The summed E-state index contributed by atoms with van der Waals surface area (Å²) in [5.41, 5.74) is 0.835. The lowest BCUT2D eigenvalue weighted by molar-refractivity contribution is -0.126. The maximum atomic E-state index is 12.9. The fourth-order valence-electron chi connectivity index (χ4n) is 3.73. The number of hydrogen-bond donors (Lipinski definition) is 1. The zero-order valence-electron chi connectivity index (χ0n) is 16.3. The van der Waals surface area contributed by atoms with E-state index in [1.54, 1.807) is 12.1 Å². The minimum absolute atomic E-state index is 0.156. The van der Waals surface area contributed by atoms with E-state index in [1.807, 2.05) is 18.2 Å².